The quantitative estimate of drug-likeness (QED) is 0.626. The molecule has 0 radical (unpaired) electrons. The number of hydrogen-bond acceptors (Lipinski definition) is 5. The SMILES string of the molecule is CCc1cc(C(=O)N2CCC(C3(Cc4cccc(F)c4)NC(=O)N(CC(C)C)C3=O)CC2)no1. The van der Waals surface area contributed by atoms with E-state index in [1.54, 1.807) is 23.1 Å². The van der Waals surface area contributed by atoms with Gasteiger partial charge in [0.1, 0.15) is 17.1 Å². The molecule has 0 aliphatic carbocycles. The lowest BCUT2D eigenvalue weighted by atomic mass is 9.73. The van der Waals surface area contributed by atoms with Crippen molar-refractivity contribution in [3.63, 3.8) is 0 Å². The summed E-state index contributed by atoms with van der Waals surface area (Å²) in [7, 11) is 0. The largest absolute Gasteiger partial charge is 0.361 e. The average Bonchev–Trinajstić information content (AvgIpc) is 3.38. The summed E-state index contributed by atoms with van der Waals surface area (Å²) in [5.74, 6) is -0.292. The van der Waals surface area contributed by atoms with Gasteiger partial charge in [-0.2, -0.15) is 0 Å². The second-order valence-electron chi connectivity index (χ2n) is 9.62. The van der Waals surface area contributed by atoms with Crippen molar-refractivity contribution in [2.24, 2.45) is 11.8 Å². The standard InChI is InChI=1S/C25H31FN4O4/c1-4-20-13-21(28-34-20)22(31)29-10-8-18(9-11-29)25(14-17-6-5-7-19(26)12-17)23(32)30(15-16(2)3)24(33)27-25/h5-7,12-13,16,18H,4,8-11,14-15H2,1-3H3,(H,27,33). The Hall–Kier alpha value is -3.23. The summed E-state index contributed by atoms with van der Waals surface area (Å²) in [4.78, 5) is 42.4. The van der Waals surface area contributed by atoms with Crippen LogP contribution < -0.4 is 5.32 Å². The van der Waals surface area contributed by atoms with Gasteiger partial charge in [-0.1, -0.05) is 38.1 Å². The van der Waals surface area contributed by atoms with Crippen molar-refractivity contribution < 1.29 is 23.3 Å². The lowest BCUT2D eigenvalue weighted by molar-refractivity contribution is -0.134. The van der Waals surface area contributed by atoms with Crippen LogP contribution in [-0.2, 0) is 17.6 Å². The van der Waals surface area contributed by atoms with Gasteiger partial charge in [0.25, 0.3) is 11.8 Å². The van der Waals surface area contributed by atoms with Crippen molar-refractivity contribution >= 4 is 17.8 Å². The lowest BCUT2D eigenvalue weighted by Gasteiger charge is -2.41. The van der Waals surface area contributed by atoms with Crippen LogP contribution in [0.2, 0.25) is 0 Å². The molecule has 0 bridgehead atoms. The first-order valence-electron chi connectivity index (χ1n) is 11.9. The van der Waals surface area contributed by atoms with Crippen molar-refractivity contribution in [3.8, 4) is 0 Å². The van der Waals surface area contributed by atoms with Crippen LogP contribution in [0.5, 0.6) is 0 Å². The van der Waals surface area contributed by atoms with Gasteiger partial charge in [0.05, 0.1) is 0 Å². The second kappa shape index (κ2) is 9.56. The van der Waals surface area contributed by atoms with E-state index in [4.69, 9.17) is 4.52 Å². The zero-order valence-electron chi connectivity index (χ0n) is 19.8. The summed E-state index contributed by atoms with van der Waals surface area (Å²) < 4.78 is 19.1. The van der Waals surface area contributed by atoms with E-state index in [9.17, 15) is 18.8 Å². The van der Waals surface area contributed by atoms with Gasteiger partial charge in [0.2, 0.25) is 0 Å². The molecule has 1 aromatic carbocycles. The monoisotopic (exact) mass is 470 g/mol. The van der Waals surface area contributed by atoms with Gasteiger partial charge in [0, 0.05) is 38.5 Å². The number of rotatable bonds is 7. The molecule has 2 aliphatic rings. The molecule has 0 saturated carbocycles. The third-order valence-corrected chi connectivity index (χ3v) is 6.73. The zero-order chi connectivity index (χ0) is 24.5. The van der Waals surface area contributed by atoms with Crippen LogP contribution in [0.1, 0.15) is 55.4 Å². The highest BCUT2D eigenvalue weighted by Crippen LogP contribution is 2.37. The molecule has 1 N–H and O–H groups in total. The van der Waals surface area contributed by atoms with Gasteiger partial charge in [-0.25, -0.2) is 9.18 Å². The molecule has 8 nitrogen and oxygen atoms in total. The number of benzene rings is 1. The molecule has 2 aliphatic heterocycles. The summed E-state index contributed by atoms with van der Waals surface area (Å²) in [5, 5.41) is 6.86. The molecular formula is C25H31FN4O4. The minimum atomic E-state index is -1.17. The number of hydrogen-bond donors (Lipinski definition) is 1. The number of amides is 4. The van der Waals surface area contributed by atoms with Crippen molar-refractivity contribution in [3.05, 3.63) is 53.2 Å². The third kappa shape index (κ3) is 4.56. The Labute approximate surface area is 198 Å². The highest BCUT2D eigenvalue weighted by Gasteiger charge is 2.56. The van der Waals surface area contributed by atoms with Crippen LogP contribution in [0.25, 0.3) is 0 Å². The maximum absolute atomic E-state index is 13.9. The number of aryl methyl sites for hydroxylation is 1. The van der Waals surface area contributed by atoms with E-state index in [1.165, 1.54) is 17.0 Å². The van der Waals surface area contributed by atoms with Crippen molar-refractivity contribution in [1.29, 1.82) is 0 Å². The fraction of sp³-hybridized carbons (Fsp3) is 0.520. The van der Waals surface area contributed by atoms with Gasteiger partial charge in [-0.05, 0) is 42.4 Å². The topological polar surface area (TPSA) is 95.8 Å². The van der Waals surface area contributed by atoms with Crippen LogP contribution in [0.4, 0.5) is 9.18 Å². The molecule has 4 rings (SSSR count). The van der Waals surface area contributed by atoms with Gasteiger partial charge in [-0.3, -0.25) is 14.5 Å². The molecule has 182 valence electrons. The molecule has 34 heavy (non-hydrogen) atoms. The molecule has 1 unspecified atom stereocenters. The number of likely N-dealkylation sites (tertiary alicyclic amines) is 1. The molecule has 2 fully saturated rings. The number of imide groups is 1. The van der Waals surface area contributed by atoms with Gasteiger partial charge >= 0.3 is 6.03 Å². The molecule has 1 atom stereocenters. The van der Waals surface area contributed by atoms with Crippen LogP contribution in [0, 0.1) is 17.7 Å². The predicted molar refractivity (Wildman–Crippen MR) is 122 cm³/mol. The first-order valence-corrected chi connectivity index (χ1v) is 11.9. The molecule has 2 saturated heterocycles. The Balaban J connectivity index is 1.56. The maximum atomic E-state index is 13.9. The van der Waals surface area contributed by atoms with Crippen LogP contribution >= 0.6 is 0 Å². The Bertz CT molecular complexity index is 1080. The smallest absolute Gasteiger partial charge is 0.325 e. The fourth-order valence-corrected chi connectivity index (χ4v) is 5.00. The summed E-state index contributed by atoms with van der Waals surface area (Å²) in [6.45, 7) is 6.99. The number of nitrogens with one attached hydrogen (secondary N) is 1. The Kier molecular flexibility index (Phi) is 6.72. The van der Waals surface area contributed by atoms with E-state index in [-0.39, 0.29) is 41.6 Å². The third-order valence-electron chi connectivity index (χ3n) is 6.73. The predicted octanol–water partition coefficient (Wildman–Crippen LogP) is 3.42. The molecule has 9 heteroatoms. The van der Waals surface area contributed by atoms with Crippen LogP contribution in [-0.4, -0.2) is 58.0 Å². The number of piperidine rings is 1. The number of carbonyl (C=O) groups is 3. The summed E-state index contributed by atoms with van der Waals surface area (Å²) in [6, 6.07) is 7.38. The van der Waals surface area contributed by atoms with Gasteiger partial charge in [-0.15, -0.1) is 0 Å². The molecule has 4 amide bonds. The van der Waals surface area contributed by atoms with Crippen LogP contribution in [0.15, 0.2) is 34.9 Å². The Morgan fingerprint density at radius 3 is 2.62 bits per heavy atom. The van der Waals surface area contributed by atoms with Crippen molar-refractivity contribution in [2.75, 3.05) is 19.6 Å². The first-order chi connectivity index (χ1) is 16.2. The number of nitrogens with zero attached hydrogens (tertiary/aromatic N) is 3. The normalized spacial score (nSPS) is 21.4. The summed E-state index contributed by atoms with van der Waals surface area (Å²) in [6.07, 6.45) is 1.91. The minimum absolute atomic E-state index is 0.120. The zero-order valence-corrected chi connectivity index (χ0v) is 19.8. The van der Waals surface area contributed by atoms with Crippen LogP contribution in [0.3, 0.4) is 0 Å². The highest BCUT2D eigenvalue weighted by atomic mass is 19.1. The maximum Gasteiger partial charge on any atom is 0.325 e. The van der Waals surface area contributed by atoms with E-state index in [2.05, 4.69) is 10.5 Å². The highest BCUT2D eigenvalue weighted by molar-refractivity contribution is 6.07. The number of halogens is 1. The van der Waals surface area contributed by atoms with Crippen molar-refractivity contribution in [1.82, 2.24) is 20.3 Å². The minimum Gasteiger partial charge on any atom is -0.361 e. The number of carbonyl (C=O) groups excluding carboxylic acids is 3. The van der Waals surface area contributed by atoms with E-state index in [0.717, 1.165) is 0 Å². The Morgan fingerprint density at radius 2 is 2.00 bits per heavy atom. The molecule has 0 spiro atoms. The van der Waals surface area contributed by atoms with E-state index < -0.39 is 11.6 Å². The average molecular weight is 471 g/mol. The van der Waals surface area contributed by atoms with E-state index >= 15 is 0 Å². The van der Waals surface area contributed by atoms with E-state index in [0.29, 0.717) is 50.2 Å². The molecule has 1 aromatic heterocycles. The molecule has 3 heterocycles. The van der Waals surface area contributed by atoms with E-state index in [1.807, 2.05) is 20.8 Å². The van der Waals surface area contributed by atoms with Gasteiger partial charge in [0.15, 0.2) is 5.69 Å². The summed E-state index contributed by atoms with van der Waals surface area (Å²) in [5.41, 5.74) is -0.246. The lowest BCUT2D eigenvalue weighted by Crippen LogP contribution is -2.58. The molecular weight excluding hydrogens is 439 g/mol. The van der Waals surface area contributed by atoms with Crippen molar-refractivity contribution in [2.45, 2.75) is 52.0 Å². The number of urea groups is 1. The first kappa shape index (κ1) is 23.9. The second-order valence-corrected chi connectivity index (χ2v) is 9.62. The fourth-order valence-electron chi connectivity index (χ4n) is 5.00. The molecule has 2 aromatic rings. The number of aromatic nitrogens is 1. The Morgan fingerprint density at radius 1 is 1.26 bits per heavy atom. The summed E-state index contributed by atoms with van der Waals surface area (Å²) >= 11 is 0. The van der Waals surface area contributed by atoms with Gasteiger partial charge < -0.3 is 14.7 Å².